The molecule has 3 rings (SSSR count). The maximum Gasteiger partial charge on any atom is 0.311 e. The van der Waals surface area contributed by atoms with Gasteiger partial charge in [0, 0.05) is 12.1 Å². The molecule has 0 spiro atoms. The summed E-state index contributed by atoms with van der Waals surface area (Å²) in [6.07, 6.45) is 4.18. The zero-order chi connectivity index (χ0) is 17.3. The fourth-order valence-electron chi connectivity index (χ4n) is 3.76. The number of carbonyl (C=O) groups excluding carboxylic acids is 1. The summed E-state index contributed by atoms with van der Waals surface area (Å²) in [6, 6.07) is 3.98. The first kappa shape index (κ1) is 16.8. The van der Waals surface area contributed by atoms with Gasteiger partial charge in [-0.3, -0.25) is 9.59 Å². The second kappa shape index (κ2) is 6.46. The number of hydrogen-bond acceptors (Lipinski definition) is 3. The second-order valence-electron chi connectivity index (χ2n) is 7.20. The molecule has 1 aliphatic heterocycles. The summed E-state index contributed by atoms with van der Waals surface area (Å²) in [6.45, 7) is 4.57. The zero-order valence-corrected chi connectivity index (χ0v) is 14.4. The summed E-state index contributed by atoms with van der Waals surface area (Å²) >= 11 is 0. The van der Waals surface area contributed by atoms with Crippen molar-refractivity contribution in [3.05, 3.63) is 28.8 Å². The van der Waals surface area contributed by atoms with Crippen LogP contribution in [0.1, 0.15) is 54.7 Å². The van der Waals surface area contributed by atoms with Crippen LogP contribution < -0.4 is 10.1 Å². The zero-order valence-electron chi connectivity index (χ0n) is 14.4. The molecule has 1 aliphatic carbocycles. The van der Waals surface area contributed by atoms with Gasteiger partial charge in [-0.25, -0.2) is 0 Å². The van der Waals surface area contributed by atoms with Gasteiger partial charge in [0.1, 0.15) is 18.3 Å². The van der Waals surface area contributed by atoms with Crippen LogP contribution in [-0.2, 0) is 9.59 Å². The predicted molar refractivity (Wildman–Crippen MR) is 90.3 cm³/mol. The van der Waals surface area contributed by atoms with E-state index in [-0.39, 0.29) is 18.4 Å². The fraction of sp³-hybridized carbons (Fsp3) is 0.579. The lowest BCUT2D eigenvalue weighted by molar-refractivity contribution is -0.151. The first-order valence-electron chi connectivity index (χ1n) is 8.68. The summed E-state index contributed by atoms with van der Waals surface area (Å²) in [5.41, 5.74) is 2.37. The highest BCUT2D eigenvalue weighted by molar-refractivity contribution is 5.86. The van der Waals surface area contributed by atoms with Gasteiger partial charge in [0.15, 0.2) is 0 Å². The number of ether oxygens (including phenoxy) is 1. The molecule has 2 N–H and O–H groups in total. The van der Waals surface area contributed by atoms with Crippen LogP contribution >= 0.6 is 0 Å². The largest absolute Gasteiger partial charge is 0.492 e. The molecule has 130 valence electrons. The van der Waals surface area contributed by atoms with E-state index in [2.05, 4.69) is 5.32 Å². The quantitative estimate of drug-likeness (QED) is 0.889. The lowest BCUT2D eigenvalue weighted by Gasteiger charge is -2.33. The molecule has 0 aromatic heterocycles. The van der Waals surface area contributed by atoms with Gasteiger partial charge in [-0.15, -0.1) is 0 Å². The normalized spacial score (nSPS) is 21.7. The van der Waals surface area contributed by atoms with Crippen LogP contribution in [0.5, 0.6) is 5.75 Å². The minimum Gasteiger partial charge on any atom is -0.492 e. The van der Waals surface area contributed by atoms with E-state index in [1.807, 2.05) is 26.0 Å². The highest BCUT2D eigenvalue weighted by Crippen LogP contribution is 2.38. The summed E-state index contributed by atoms with van der Waals surface area (Å²) in [5.74, 6) is -0.516. The third-order valence-electron chi connectivity index (χ3n) is 5.59. The number of aryl methyl sites for hydroxylation is 2. The van der Waals surface area contributed by atoms with Crippen molar-refractivity contribution in [1.82, 2.24) is 5.32 Å². The van der Waals surface area contributed by atoms with Crippen LogP contribution in [0.3, 0.4) is 0 Å². The molecule has 1 saturated carbocycles. The average molecular weight is 331 g/mol. The molecule has 1 aromatic carbocycles. The number of benzene rings is 1. The van der Waals surface area contributed by atoms with Gasteiger partial charge in [0.2, 0.25) is 5.91 Å². The van der Waals surface area contributed by atoms with E-state index in [9.17, 15) is 14.7 Å². The van der Waals surface area contributed by atoms with E-state index < -0.39 is 11.4 Å². The first-order valence-corrected chi connectivity index (χ1v) is 8.68. The van der Waals surface area contributed by atoms with Gasteiger partial charge in [-0.05, 0) is 43.9 Å². The molecular weight excluding hydrogens is 306 g/mol. The van der Waals surface area contributed by atoms with Crippen molar-refractivity contribution in [2.24, 2.45) is 5.41 Å². The Morgan fingerprint density at radius 3 is 2.54 bits per heavy atom. The molecule has 1 amide bonds. The fourth-order valence-corrected chi connectivity index (χ4v) is 3.76. The second-order valence-corrected chi connectivity index (χ2v) is 7.20. The monoisotopic (exact) mass is 331 g/mol. The van der Waals surface area contributed by atoms with Gasteiger partial charge in [0.25, 0.3) is 0 Å². The third-order valence-corrected chi connectivity index (χ3v) is 5.59. The summed E-state index contributed by atoms with van der Waals surface area (Å²) < 4.78 is 5.66. The Hall–Kier alpha value is -2.04. The van der Waals surface area contributed by atoms with E-state index in [0.29, 0.717) is 19.4 Å². The van der Waals surface area contributed by atoms with Gasteiger partial charge in [-0.2, -0.15) is 0 Å². The number of fused-ring (bicyclic) bond motifs is 1. The molecule has 0 radical (unpaired) electrons. The Morgan fingerprint density at radius 2 is 1.88 bits per heavy atom. The Kier molecular flexibility index (Phi) is 4.52. The van der Waals surface area contributed by atoms with Crippen LogP contribution in [0, 0.1) is 19.3 Å². The Bertz CT molecular complexity index is 662. The van der Waals surface area contributed by atoms with E-state index in [1.165, 1.54) is 0 Å². The number of rotatable bonds is 4. The number of aliphatic carboxylic acids is 1. The molecule has 1 atom stereocenters. The van der Waals surface area contributed by atoms with Gasteiger partial charge >= 0.3 is 5.97 Å². The minimum absolute atomic E-state index is 0.136. The van der Waals surface area contributed by atoms with Crippen molar-refractivity contribution in [2.75, 3.05) is 13.2 Å². The minimum atomic E-state index is -0.806. The molecule has 5 heteroatoms. The highest BCUT2D eigenvalue weighted by Gasteiger charge is 2.41. The van der Waals surface area contributed by atoms with Crippen LogP contribution in [0.25, 0.3) is 0 Å². The molecular formula is C19H25NO4. The molecule has 0 saturated heterocycles. The number of carboxylic acids is 1. The van der Waals surface area contributed by atoms with Gasteiger partial charge in [-0.1, -0.05) is 25.3 Å². The van der Waals surface area contributed by atoms with Crippen molar-refractivity contribution in [3.63, 3.8) is 0 Å². The molecule has 2 aliphatic rings. The molecule has 24 heavy (non-hydrogen) atoms. The highest BCUT2D eigenvalue weighted by atomic mass is 16.5. The van der Waals surface area contributed by atoms with Crippen molar-refractivity contribution in [2.45, 2.75) is 51.9 Å². The molecule has 1 unspecified atom stereocenters. The Balaban J connectivity index is 1.71. The lowest BCUT2D eigenvalue weighted by Crippen LogP contribution is -2.45. The number of hydrogen-bond donors (Lipinski definition) is 2. The maximum absolute atomic E-state index is 12.6. The molecule has 0 bridgehead atoms. The topological polar surface area (TPSA) is 75.6 Å². The molecule has 1 fully saturated rings. The molecule has 1 heterocycles. The number of amides is 1. The first-order chi connectivity index (χ1) is 11.4. The summed E-state index contributed by atoms with van der Waals surface area (Å²) in [4.78, 5) is 24.3. The van der Waals surface area contributed by atoms with Gasteiger partial charge < -0.3 is 15.2 Å². The van der Waals surface area contributed by atoms with Crippen LogP contribution in [0.2, 0.25) is 0 Å². The predicted octanol–water partition coefficient (Wildman–Crippen LogP) is 2.93. The Morgan fingerprint density at radius 1 is 1.21 bits per heavy atom. The standard InChI is InChI=1S/C19H25NO4/c1-12-8-14-15(10-24-16(14)9-13(12)2)17(21)20-11-19(18(22)23)6-4-3-5-7-19/h8-9,15H,3-7,10-11H2,1-2H3,(H,20,21)(H,22,23). The summed E-state index contributed by atoms with van der Waals surface area (Å²) in [5, 5.41) is 12.5. The SMILES string of the molecule is Cc1cc2c(cc1C)C(C(=O)NCC1(C(=O)O)CCCCC1)CO2. The Labute approximate surface area is 142 Å². The number of carboxylic acid groups (broad SMARTS) is 1. The van der Waals surface area contributed by atoms with E-state index in [4.69, 9.17) is 4.74 Å². The van der Waals surface area contributed by atoms with Crippen LogP contribution in [0.4, 0.5) is 0 Å². The summed E-state index contributed by atoms with van der Waals surface area (Å²) in [7, 11) is 0. The maximum atomic E-state index is 12.6. The van der Waals surface area contributed by atoms with Crippen molar-refractivity contribution in [3.8, 4) is 5.75 Å². The molecule has 5 nitrogen and oxygen atoms in total. The molecule has 1 aromatic rings. The van der Waals surface area contributed by atoms with Crippen molar-refractivity contribution in [1.29, 1.82) is 0 Å². The van der Waals surface area contributed by atoms with E-state index in [0.717, 1.165) is 41.7 Å². The van der Waals surface area contributed by atoms with E-state index in [1.54, 1.807) is 0 Å². The van der Waals surface area contributed by atoms with Crippen molar-refractivity contribution < 1.29 is 19.4 Å². The number of carbonyl (C=O) groups is 2. The third kappa shape index (κ3) is 2.99. The number of nitrogens with one attached hydrogen (secondary N) is 1. The lowest BCUT2D eigenvalue weighted by atomic mass is 9.74. The van der Waals surface area contributed by atoms with E-state index >= 15 is 0 Å². The average Bonchev–Trinajstić information content (AvgIpc) is 2.96. The smallest absolute Gasteiger partial charge is 0.311 e. The van der Waals surface area contributed by atoms with Crippen LogP contribution in [0.15, 0.2) is 12.1 Å². The van der Waals surface area contributed by atoms with Gasteiger partial charge in [0.05, 0.1) is 5.41 Å². The van der Waals surface area contributed by atoms with Crippen molar-refractivity contribution >= 4 is 11.9 Å². The van der Waals surface area contributed by atoms with Crippen LogP contribution in [-0.4, -0.2) is 30.1 Å².